The first-order chi connectivity index (χ1) is 9.89. The van der Waals surface area contributed by atoms with Crippen LogP contribution in [0, 0.1) is 11.3 Å². The summed E-state index contributed by atoms with van der Waals surface area (Å²) in [6.07, 6.45) is 0.328. The molecule has 0 radical (unpaired) electrons. The van der Waals surface area contributed by atoms with E-state index >= 15 is 0 Å². The summed E-state index contributed by atoms with van der Waals surface area (Å²) >= 11 is 0. The summed E-state index contributed by atoms with van der Waals surface area (Å²) in [5, 5.41) is 2.79. The van der Waals surface area contributed by atoms with Crippen LogP contribution < -0.4 is 11.1 Å². The quantitative estimate of drug-likeness (QED) is 0.762. The van der Waals surface area contributed by atoms with Crippen LogP contribution in [-0.2, 0) is 19.1 Å². The average Bonchev–Trinajstić information content (AvgIpc) is 2.67. The molecule has 3 atom stereocenters. The highest BCUT2D eigenvalue weighted by molar-refractivity contribution is 5.85. The second kappa shape index (κ2) is 6.96. The Kier molecular flexibility index (Phi) is 5.98. The third kappa shape index (κ3) is 6.32. The molecule has 6 heteroatoms. The van der Waals surface area contributed by atoms with Gasteiger partial charge in [0.15, 0.2) is 0 Å². The lowest BCUT2D eigenvalue weighted by molar-refractivity contribution is -0.160. The molecule has 1 rings (SSSR count). The highest BCUT2D eigenvalue weighted by Gasteiger charge is 2.40. The first-order valence-electron chi connectivity index (χ1n) is 7.74. The largest absolute Gasteiger partial charge is 0.458 e. The molecule has 3 N–H and O–H groups in total. The number of carbonyl (C=O) groups excluding carboxylic acids is 2. The third-order valence-corrected chi connectivity index (χ3v) is 3.27. The lowest BCUT2D eigenvalue weighted by Gasteiger charge is -2.29. The Hall–Kier alpha value is -1.14. The second-order valence-electron chi connectivity index (χ2n) is 8.18. The van der Waals surface area contributed by atoms with Crippen LogP contribution in [0.25, 0.3) is 0 Å². The molecular weight excluding hydrogens is 284 g/mol. The molecule has 6 nitrogen and oxygen atoms in total. The van der Waals surface area contributed by atoms with Gasteiger partial charge in [-0.1, -0.05) is 20.8 Å². The molecule has 0 aromatic carbocycles. The molecule has 0 bridgehead atoms. The standard InChI is InChI=1S/C16H30N2O4/c1-15(2,3)7-12(19)18-13(10-8-21-9-11(10)17)14(20)22-16(4,5)6/h10-11,13H,7-9,17H2,1-6H3,(H,18,19)/t10-,11+,13-/m1/s1. The van der Waals surface area contributed by atoms with E-state index in [1.165, 1.54) is 0 Å². The van der Waals surface area contributed by atoms with Gasteiger partial charge in [-0.3, -0.25) is 4.79 Å². The van der Waals surface area contributed by atoms with Crippen molar-refractivity contribution in [1.29, 1.82) is 0 Å². The molecule has 0 aromatic rings. The predicted octanol–water partition coefficient (Wildman–Crippen LogP) is 1.22. The van der Waals surface area contributed by atoms with E-state index < -0.39 is 17.6 Å². The van der Waals surface area contributed by atoms with Gasteiger partial charge >= 0.3 is 5.97 Å². The van der Waals surface area contributed by atoms with E-state index in [1.54, 1.807) is 20.8 Å². The number of hydrogen-bond donors (Lipinski definition) is 2. The van der Waals surface area contributed by atoms with Gasteiger partial charge in [0, 0.05) is 18.4 Å². The Labute approximate surface area is 133 Å². The number of nitrogens with one attached hydrogen (secondary N) is 1. The monoisotopic (exact) mass is 314 g/mol. The van der Waals surface area contributed by atoms with Gasteiger partial charge in [0.25, 0.3) is 0 Å². The van der Waals surface area contributed by atoms with Crippen molar-refractivity contribution in [2.24, 2.45) is 17.1 Å². The lowest BCUT2D eigenvalue weighted by Crippen LogP contribution is -2.53. The van der Waals surface area contributed by atoms with Crippen LogP contribution in [0.4, 0.5) is 0 Å². The molecule has 1 heterocycles. The maximum Gasteiger partial charge on any atom is 0.329 e. The molecule has 0 aromatic heterocycles. The molecule has 22 heavy (non-hydrogen) atoms. The molecule has 1 amide bonds. The maximum absolute atomic E-state index is 12.4. The van der Waals surface area contributed by atoms with Gasteiger partial charge in [0.1, 0.15) is 11.6 Å². The zero-order valence-corrected chi connectivity index (χ0v) is 14.6. The van der Waals surface area contributed by atoms with Crippen molar-refractivity contribution in [3.05, 3.63) is 0 Å². The van der Waals surface area contributed by atoms with Crippen molar-refractivity contribution in [2.45, 2.75) is 65.6 Å². The first kappa shape index (κ1) is 18.9. The molecule has 0 aliphatic carbocycles. The Morgan fingerprint density at radius 1 is 1.23 bits per heavy atom. The normalized spacial score (nSPS) is 24.0. The lowest BCUT2D eigenvalue weighted by atomic mass is 9.90. The van der Waals surface area contributed by atoms with Crippen molar-refractivity contribution in [3.8, 4) is 0 Å². The molecule has 0 saturated carbocycles. The molecule has 0 unspecified atom stereocenters. The van der Waals surface area contributed by atoms with Crippen molar-refractivity contribution < 1.29 is 19.1 Å². The number of esters is 1. The fraction of sp³-hybridized carbons (Fsp3) is 0.875. The molecule has 1 aliphatic heterocycles. The van der Waals surface area contributed by atoms with Gasteiger partial charge in [-0.15, -0.1) is 0 Å². The molecular formula is C16H30N2O4. The topological polar surface area (TPSA) is 90.7 Å². The van der Waals surface area contributed by atoms with E-state index in [-0.39, 0.29) is 23.3 Å². The van der Waals surface area contributed by atoms with Gasteiger partial charge in [-0.2, -0.15) is 0 Å². The van der Waals surface area contributed by atoms with Crippen molar-refractivity contribution >= 4 is 11.9 Å². The second-order valence-corrected chi connectivity index (χ2v) is 8.18. The van der Waals surface area contributed by atoms with Crippen LogP contribution in [-0.4, -0.2) is 42.8 Å². The molecule has 128 valence electrons. The summed E-state index contributed by atoms with van der Waals surface area (Å²) < 4.78 is 10.8. The van der Waals surface area contributed by atoms with Crippen LogP contribution in [0.1, 0.15) is 48.0 Å². The minimum atomic E-state index is -0.772. The van der Waals surface area contributed by atoms with Gasteiger partial charge in [0.05, 0.1) is 13.2 Å². The summed E-state index contributed by atoms with van der Waals surface area (Å²) in [4.78, 5) is 24.6. The summed E-state index contributed by atoms with van der Waals surface area (Å²) in [6, 6.07) is -1.06. The van der Waals surface area contributed by atoms with E-state index in [2.05, 4.69) is 5.32 Å². The Bertz CT molecular complexity index is 409. The highest BCUT2D eigenvalue weighted by atomic mass is 16.6. The number of rotatable bonds is 4. The van der Waals surface area contributed by atoms with E-state index in [9.17, 15) is 9.59 Å². The number of ether oxygens (including phenoxy) is 2. The molecule has 1 saturated heterocycles. The van der Waals surface area contributed by atoms with Gasteiger partial charge in [-0.05, 0) is 26.2 Å². The van der Waals surface area contributed by atoms with E-state index in [0.29, 0.717) is 19.6 Å². The number of amides is 1. The average molecular weight is 314 g/mol. The predicted molar refractivity (Wildman–Crippen MR) is 84.1 cm³/mol. The van der Waals surface area contributed by atoms with Crippen LogP contribution in [0.2, 0.25) is 0 Å². The van der Waals surface area contributed by atoms with Crippen molar-refractivity contribution in [1.82, 2.24) is 5.32 Å². The zero-order valence-electron chi connectivity index (χ0n) is 14.6. The van der Waals surface area contributed by atoms with E-state index in [1.807, 2.05) is 20.8 Å². The molecule has 1 fully saturated rings. The maximum atomic E-state index is 12.4. The minimum absolute atomic E-state index is 0.156. The van der Waals surface area contributed by atoms with Gasteiger partial charge in [0.2, 0.25) is 5.91 Å². The van der Waals surface area contributed by atoms with Crippen LogP contribution >= 0.6 is 0 Å². The Morgan fingerprint density at radius 2 is 1.82 bits per heavy atom. The number of hydrogen-bond acceptors (Lipinski definition) is 5. The van der Waals surface area contributed by atoms with E-state index in [0.717, 1.165) is 0 Å². The smallest absolute Gasteiger partial charge is 0.329 e. The zero-order chi connectivity index (χ0) is 17.1. The highest BCUT2D eigenvalue weighted by Crippen LogP contribution is 2.22. The van der Waals surface area contributed by atoms with Gasteiger partial charge in [-0.25, -0.2) is 4.79 Å². The summed E-state index contributed by atoms with van der Waals surface area (Å²) in [5.74, 6) is -0.901. The van der Waals surface area contributed by atoms with Crippen LogP contribution in [0.3, 0.4) is 0 Å². The van der Waals surface area contributed by atoms with E-state index in [4.69, 9.17) is 15.2 Å². The van der Waals surface area contributed by atoms with Crippen LogP contribution in [0.15, 0.2) is 0 Å². The third-order valence-electron chi connectivity index (χ3n) is 3.27. The fourth-order valence-electron chi connectivity index (χ4n) is 2.34. The minimum Gasteiger partial charge on any atom is -0.458 e. The van der Waals surface area contributed by atoms with Crippen molar-refractivity contribution in [2.75, 3.05) is 13.2 Å². The Balaban J connectivity index is 2.82. The first-order valence-corrected chi connectivity index (χ1v) is 7.74. The summed E-state index contributed by atoms with van der Waals surface area (Å²) in [6.45, 7) is 12.0. The number of carbonyl (C=O) groups is 2. The Morgan fingerprint density at radius 3 is 2.23 bits per heavy atom. The molecule has 0 spiro atoms. The van der Waals surface area contributed by atoms with Gasteiger partial charge < -0.3 is 20.5 Å². The molecule has 1 aliphatic rings. The summed E-state index contributed by atoms with van der Waals surface area (Å²) in [7, 11) is 0. The fourth-order valence-corrected chi connectivity index (χ4v) is 2.34. The summed E-state index contributed by atoms with van der Waals surface area (Å²) in [5.41, 5.74) is 5.23. The van der Waals surface area contributed by atoms with Crippen molar-refractivity contribution in [3.63, 3.8) is 0 Å². The SMILES string of the molecule is CC(C)(C)CC(=O)N[C@@H](C(=O)OC(C)(C)C)[C@@H]1COC[C@@H]1N. The number of nitrogens with two attached hydrogens (primary N) is 1. The van der Waals surface area contributed by atoms with Crippen LogP contribution in [0.5, 0.6) is 0 Å².